The molecular weight excluding hydrogens is 226 g/mol. The van der Waals surface area contributed by atoms with Gasteiger partial charge in [-0.3, -0.25) is 0 Å². The first kappa shape index (κ1) is 14.0. The highest BCUT2D eigenvalue weighted by Crippen LogP contribution is 2.12. The summed E-state index contributed by atoms with van der Waals surface area (Å²) in [5.74, 6) is 1.09. The number of rotatable bonds is 8. The molecule has 4 N–H and O–H groups in total. The van der Waals surface area contributed by atoms with E-state index in [1.165, 1.54) is 0 Å². The molecule has 0 saturated carbocycles. The van der Waals surface area contributed by atoms with Gasteiger partial charge in [0.2, 0.25) is 5.95 Å². The molecule has 0 unspecified atom stereocenters. The lowest BCUT2D eigenvalue weighted by atomic mass is 10.3. The minimum absolute atomic E-state index is 0.291. The number of nitrogens with one attached hydrogen (secondary N) is 2. The van der Waals surface area contributed by atoms with Crippen LogP contribution < -0.4 is 16.4 Å². The van der Waals surface area contributed by atoms with E-state index in [9.17, 15) is 0 Å². The van der Waals surface area contributed by atoms with E-state index in [-0.39, 0.29) is 0 Å². The Bertz CT molecular complexity index is 400. The number of aromatic nitrogens is 2. The lowest BCUT2D eigenvalue weighted by molar-refractivity contribution is 0.817. The van der Waals surface area contributed by atoms with Gasteiger partial charge >= 0.3 is 0 Å². The van der Waals surface area contributed by atoms with Gasteiger partial charge in [-0.1, -0.05) is 26.0 Å². The SMILES string of the molecule is C=C/C=C\NCc1cnc(N)nc1NCCCC. The van der Waals surface area contributed by atoms with E-state index < -0.39 is 0 Å². The molecule has 98 valence electrons. The van der Waals surface area contributed by atoms with Crippen molar-refractivity contribution in [3.63, 3.8) is 0 Å². The fourth-order valence-electron chi connectivity index (χ4n) is 1.39. The zero-order valence-corrected chi connectivity index (χ0v) is 10.8. The molecule has 5 heteroatoms. The van der Waals surface area contributed by atoms with Crippen LogP contribution in [0, 0.1) is 0 Å². The first-order chi connectivity index (χ1) is 8.77. The van der Waals surface area contributed by atoms with Crippen molar-refractivity contribution in [2.75, 3.05) is 17.6 Å². The van der Waals surface area contributed by atoms with E-state index in [0.717, 1.165) is 30.8 Å². The van der Waals surface area contributed by atoms with E-state index in [2.05, 4.69) is 34.1 Å². The average molecular weight is 247 g/mol. The van der Waals surface area contributed by atoms with E-state index in [0.29, 0.717) is 12.5 Å². The second-order valence-corrected chi connectivity index (χ2v) is 3.86. The molecule has 0 radical (unpaired) electrons. The van der Waals surface area contributed by atoms with Gasteiger partial charge in [0.15, 0.2) is 0 Å². The van der Waals surface area contributed by atoms with Crippen molar-refractivity contribution in [1.29, 1.82) is 0 Å². The van der Waals surface area contributed by atoms with E-state index in [4.69, 9.17) is 5.73 Å². The molecule has 0 spiro atoms. The molecule has 0 amide bonds. The first-order valence-corrected chi connectivity index (χ1v) is 6.14. The summed E-state index contributed by atoms with van der Waals surface area (Å²) in [5.41, 5.74) is 6.59. The van der Waals surface area contributed by atoms with Crippen molar-refractivity contribution in [2.45, 2.75) is 26.3 Å². The van der Waals surface area contributed by atoms with Crippen LogP contribution in [0.1, 0.15) is 25.3 Å². The monoisotopic (exact) mass is 247 g/mol. The molecule has 0 aliphatic carbocycles. The Morgan fingerprint density at radius 3 is 3.06 bits per heavy atom. The second-order valence-electron chi connectivity index (χ2n) is 3.86. The number of allylic oxidation sites excluding steroid dienone is 2. The Balaban J connectivity index is 2.63. The van der Waals surface area contributed by atoms with Gasteiger partial charge in [-0.25, -0.2) is 4.98 Å². The van der Waals surface area contributed by atoms with Crippen LogP contribution in [0.3, 0.4) is 0 Å². The molecule has 1 aromatic heterocycles. The Morgan fingerprint density at radius 2 is 2.33 bits per heavy atom. The predicted octanol–water partition coefficient (Wildman–Crippen LogP) is 2.06. The topological polar surface area (TPSA) is 75.9 Å². The number of anilines is 2. The molecule has 1 rings (SSSR count). The lowest BCUT2D eigenvalue weighted by Gasteiger charge is -2.10. The largest absolute Gasteiger partial charge is 0.387 e. The summed E-state index contributed by atoms with van der Waals surface area (Å²) in [5, 5.41) is 6.42. The molecule has 5 nitrogen and oxygen atoms in total. The van der Waals surface area contributed by atoms with E-state index in [1.54, 1.807) is 12.3 Å². The summed E-state index contributed by atoms with van der Waals surface area (Å²) in [4.78, 5) is 8.22. The van der Waals surface area contributed by atoms with Crippen molar-refractivity contribution in [3.8, 4) is 0 Å². The molecule has 0 aliphatic heterocycles. The van der Waals surface area contributed by atoms with E-state index in [1.807, 2.05) is 12.3 Å². The smallest absolute Gasteiger partial charge is 0.221 e. The van der Waals surface area contributed by atoms with Gasteiger partial charge in [-0.05, 0) is 18.7 Å². The molecule has 1 heterocycles. The maximum absolute atomic E-state index is 5.60. The van der Waals surface area contributed by atoms with Crippen LogP contribution in [0.5, 0.6) is 0 Å². The van der Waals surface area contributed by atoms with Crippen LogP contribution in [0.15, 0.2) is 31.1 Å². The summed E-state index contributed by atoms with van der Waals surface area (Å²) >= 11 is 0. The van der Waals surface area contributed by atoms with Crippen LogP contribution in [-0.4, -0.2) is 16.5 Å². The molecule has 0 fully saturated rings. The van der Waals surface area contributed by atoms with Crippen LogP contribution in [0.25, 0.3) is 0 Å². The minimum atomic E-state index is 0.291. The Labute approximate surface area is 108 Å². The first-order valence-electron chi connectivity index (χ1n) is 6.14. The zero-order valence-electron chi connectivity index (χ0n) is 10.8. The zero-order chi connectivity index (χ0) is 13.2. The summed E-state index contributed by atoms with van der Waals surface area (Å²) in [6, 6.07) is 0. The van der Waals surface area contributed by atoms with Crippen LogP contribution in [-0.2, 0) is 6.54 Å². The van der Waals surface area contributed by atoms with Crippen LogP contribution >= 0.6 is 0 Å². The third-order valence-electron chi connectivity index (χ3n) is 2.35. The van der Waals surface area contributed by atoms with Gasteiger partial charge in [-0.15, -0.1) is 0 Å². The number of nitrogens with two attached hydrogens (primary N) is 1. The minimum Gasteiger partial charge on any atom is -0.387 e. The molecule has 18 heavy (non-hydrogen) atoms. The molecular formula is C13H21N5. The predicted molar refractivity (Wildman–Crippen MR) is 76.0 cm³/mol. The van der Waals surface area contributed by atoms with Gasteiger partial charge < -0.3 is 16.4 Å². The van der Waals surface area contributed by atoms with Crippen molar-refractivity contribution in [1.82, 2.24) is 15.3 Å². The highest BCUT2D eigenvalue weighted by molar-refractivity contribution is 5.45. The van der Waals surface area contributed by atoms with Crippen LogP contribution in [0.2, 0.25) is 0 Å². The molecule has 0 bridgehead atoms. The van der Waals surface area contributed by atoms with Crippen molar-refractivity contribution >= 4 is 11.8 Å². The Morgan fingerprint density at radius 1 is 1.50 bits per heavy atom. The highest BCUT2D eigenvalue weighted by atomic mass is 15.1. The fraction of sp³-hybridized carbons (Fsp3) is 0.385. The Kier molecular flexibility index (Phi) is 6.32. The lowest BCUT2D eigenvalue weighted by Crippen LogP contribution is -2.12. The van der Waals surface area contributed by atoms with Gasteiger partial charge in [0.05, 0.1) is 0 Å². The van der Waals surface area contributed by atoms with E-state index >= 15 is 0 Å². The summed E-state index contributed by atoms with van der Waals surface area (Å²) < 4.78 is 0. The maximum atomic E-state index is 5.60. The molecule has 0 saturated heterocycles. The van der Waals surface area contributed by atoms with Crippen molar-refractivity contribution < 1.29 is 0 Å². The third-order valence-corrected chi connectivity index (χ3v) is 2.35. The normalized spacial score (nSPS) is 10.5. The molecule has 0 aromatic carbocycles. The fourth-order valence-corrected chi connectivity index (χ4v) is 1.39. The van der Waals surface area contributed by atoms with Crippen molar-refractivity contribution in [2.24, 2.45) is 0 Å². The van der Waals surface area contributed by atoms with Crippen molar-refractivity contribution in [3.05, 3.63) is 36.7 Å². The number of nitrogens with zero attached hydrogens (tertiary/aromatic N) is 2. The summed E-state index contributed by atoms with van der Waals surface area (Å²) in [6.45, 7) is 7.30. The summed E-state index contributed by atoms with van der Waals surface area (Å²) in [7, 11) is 0. The maximum Gasteiger partial charge on any atom is 0.221 e. The Hall–Kier alpha value is -2.04. The molecule has 0 aliphatic rings. The quantitative estimate of drug-likeness (QED) is 0.484. The second kappa shape index (κ2) is 8.11. The number of nitrogen functional groups attached to an aromatic ring is 1. The molecule has 0 atom stereocenters. The third kappa shape index (κ3) is 4.86. The summed E-state index contributed by atoms with van der Waals surface area (Å²) in [6.07, 6.45) is 9.37. The highest BCUT2D eigenvalue weighted by Gasteiger charge is 2.04. The molecule has 1 aromatic rings. The van der Waals surface area contributed by atoms with Crippen LogP contribution in [0.4, 0.5) is 11.8 Å². The number of hydrogen-bond acceptors (Lipinski definition) is 5. The number of unbranched alkanes of at least 4 members (excludes halogenated alkanes) is 1. The van der Waals surface area contributed by atoms with Gasteiger partial charge in [0.1, 0.15) is 5.82 Å². The van der Waals surface area contributed by atoms with Gasteiger partial charge in [-0.2, -0.15) is 4.98 Å². The average Bonchev–Trinajstić information content (AvgIpc) is 2.37. The van der Waals surface area contributed by atoms with Gasteiger partial charge in [0.25, 0.3) is 0 Å². The number of hydrogen-bond donors (Lipinski definition) is 3. The van der Waals surface area contributed by atoms with Gasteiger partial charge in [0, 0.05) is 24.8 Å². The standard InChI is InChI=1S/C13H21N5/c1-3-5-7-15-9-11-10-17-13(14)18-12(11)16-8-6-4-2/h3,5,7,10,15H,1,4,6,8-9H2,2H3,(H3,14,16,17,18)/b7-5-.